The van der Waals surface area contributed by atoms with Crippen molar-refractivity contribution >= 4 is 11.8 Å². The van der Waals surface area contributed by atoms with Gasteiger partial charge in [0.05, 0.1) is 0 Å². The molecule has 0 saturated heterocycles. The summed E-state index contributed by atoms with van der Waals surface area (Å²) in [4.78, 5) is 1.06. The number of nitrogens with two attached hydrogens (primary N) is 1. The number of rotatable bonds is 4. The summed E-state index contributed by atoms with van der Waals surface area (Å²) in [5, 5.41) is 0. The van der Waals surface area contributed by atoms with Gasteiger partial charge in [-0.2, -0.15) is 0 Å². The molecule has 100 valence electrons. The van der Waals surface area contributed by atoms with E-state index in [-0.39, 0.29) is 5.82 Å². The Labute approximate surface area is 118 Å². The number of thioether (sulfide) groups is 1. The van der Waals surface area contributed by atoms with Gasteiger partial charge in [0.2, 0.25) is 0 Å². The lowest BCUT2D eigenvalue weighted by molar-refractivity contribution is 0.623. The standard InChI is InChI=1S/C16H18FNS/c1-11-5-12(2)7-13(6-11)10-19-16-4-3-15(17)8-14(16)9-18/h3-8H,9-10,18H2,1-2H3. The Morgan fingerprint density at radius 2 is 1.74 bits per heavy atom. The van der Waals surface area contributed by atoms with Crippen LogP contribution in [0.4, 0.5) is 4.39 Å². The largest absolute Gasteiger partial charge is 0.326 e. The topological polar surface area (TPSA) is 26.0 Å². The molecule has 0 aromatic heterocycles. The van der Waals surface area contributed by atoms with E-state index in [1.165, 1.54) is 28.8 Å². The average molecular weight is 275 g/mol. The van der Waals surface area contributed by atoms with E-state index in [9.17, 15) is 4.39 Å². The fraction of sp³-hybridized carbons (Fsp3) is 0.250. The molecule has 2 rings (SSSR count). The van der Waals surface area contributed by atoms with Gasteiger partial charge in [0.15, 0.2) is 0 Å². The third-order valence-corrected chi connectivity index (χ3v) is 4.11. The van der Waals surface area contributed by atoms with Crippen LogP contribution in [-0.2, 0) is 12.3 Å². The molecule has 2 aromatic rings. The minimum atomic E-state index is -0.226. The van der Waals surface area contributed by atoms with Gasteiger partial charge in [-0.3, -0.25) is 0 Å². The first-order chi connectivity index (χ1) is 9.08. The van der Waals surface area contributed by atoms with Crippen LogP contribution in [-0.4, -0.2) is 0 Å². The van der Waals surface area contributed by atoms with Gasteiger partial charge in [-0.15, -0.1) is 11.8 Å². The van der Waals surface area contributed by atoms with Gasteiger partial charge < -0.3 is 5.73 Å². The van der Waals surface area contributed by atoms with Crippen molar-refractivity contribution in [3.05, 3.63) is 64.5 Å². The van der Waals surface area contributed by atoms with Crippen molar-refractivity contribution in [2.75, 3.05) is 0 Å². The number of aryl methyl sites for hydroxylation is 2. The fourth-order valence-electron chi connectivity index (χ4n) is 2.16. The van der Waals surface area contributed by atoms with Gasteiger partial charge in [-0.05, 0) is 43.2 Å². The molecule has 2 aromatic carbocycles. The van der Waals surface area contributed by atoms with E-state index in [0.29, 0.717) is 6.54 Å². The predicted octanol–water partition coefficient (Wildman–Crippen LogP) is 4.19. The molecule has 0 heterocycles. The Hall–Kier alpha value is -1.32. The zero-order valence-electron chi connectivity index (χ0n) is 11.2. The van der Waals surface area contributed by atoms with Crippen molar-refractivity contribution in [3.63, 3.8) is 0 Å². The SMILES string of the molecule is Cc1cc(C)cc(CSc2ccc(F)cc2CN)c1. The van der Waals surface area contributed by atoms with E-state index >= 15 is 0 Å². The van der Waals surface area contributed by atoms with Crippen molar-refractivity contribution < 1.29 is 4.39 Å². The maximum Gasteiger partial charge on any atom is 0.123 e. The number of hydrogen-bond acceptors (Lipinski definition) is 2. The molecule has 0 amide bonds. The lowest BCUT2D eigenvalue weighted by atomic mass is 10.1. The van der Waals surface area contributed by atoms with Crippen LogP contribution in [0.2, 0.25) is 0 Å². The van der Waals surface area contributed by atoms with Gasteiger partial charge >= 0.3 is 0 Å². The maximum absolute atomic E-state index is 13.1. The monoisotopic (exact) mass is 275 g/mol. The summed E-state index contributed by atoms with van der Waals surface area (Å²) in [6.07, 6.45) is 0. The molecular weight excluding hydrogens is 257 g/mol. The Balaban J connectivity index is 2.14. The first kappa shape index (κ1) is 14.1. The number of halogens is 1. The van der Waals surface area contributed by atoms with E-state index in [2.05, 4.69) is 32.0 Å². The molecule has 0 radical (unpaired) electrons. The molecule has 0 aliphatic rings. The first-order valence-corrected chi connectivity index (χ1v) is 7.25. The zero-order chi connectivity index (χ0) is 13.8. The molecular formula is C16H18FNS. The van der Waals surface area contributed by atoms with Crippen molar-refractivity contribution in [1.29, 1.82) is 0 Å². The summed E-state index contributed by atoms with van der Waals surface area (Å²) in [5.74, 6) is 0.650. The molecule has 19 heavy (non-hydrogen) atoms. The number of hydrogen-bond donors (Lipinski definition) is 1. The second-order valence-electron chi connectivity index (χ2n) is 4.74. The van der Waals surface area contributed by atoms with Crippen molar-refractivity contribution in [1.82, 2.24) is 0 Å². The van der Waals surface area contributed by atoms with Crippen molar-refractivity contribution in [3.8, 4) is 0 Å². The molecule has 0 unspecified atom stereocenters. The third-order valence-electron chi connectivity index (χ3n) is 2.92. The van der Waals surface area contributed by atoms with Crippen molar-refractivity contribution in [2.24, 2.45) is 5.73 Å². The second kappa shape index (κ2) is 6.22. The zero-order valence-corrected chi connectivity index (χ0v) is 12.1. The van der Waals surface area contributed by atoms with E-state index in [1.807, 2.05) is 6.07 Å². The quantitative estimate of drug-likeness (QED) is 0.847. The molecule has 0 aliphatic carbocycles. The molecule has 1 nitrogen and oxygen atoms in total. The molecule has 0 fully saturated rings. The predicted molar refractivity (Wildman–Crippen MR) is 79.8 cm³/mol. The Morgan fingerprint density at radius 3 is 2.37 bits per heavy atom. The van der Waals surface area contributed by atoms with Crippen LogP contribution >= 0.6 is 11.8 Å². The summed E-state index contributed by atoms with van der Waals surface area (Å²) < 4.78 is 13.1. The smallest absolute Gasteiger partial charge is 0.123 e. The van der Waals surface area contributed by atoms with Gasteiger partial charge in [0, 0.05) is 17.2 Å². The molecule has 3 heteroatoms. The number of benzene rings is 2. The van der Waals surface area contributed by atoms with Crippen LogP contribution in [0.15, 0.2) is 41.3 Å². The normalized spacial score (nSPS) is 10.7. The van der Waals surface area contributed by atoms with Gasteiger partial charge in [-0.25, -0.2) is 4.39 Å². The van der Waals surface area contributed by atoms with E-state index in [0.717, 1.165) is 16.2 Å². The molecule has 0 aliphatic heterocycles. The maximum atomic E-state index is 13.1. The minimum Gasteiger partial charge on any atom is -0.326 e. The van der Waals surface area contributed by atoms with Crippen LogP contribution in [0.5, 0.6) is 0 Å². The van der Waals surface area contributed by atoms with E-state index < -0.39 is 0 Å². The van der Waals surface area contributed by atoms with Crippen LogP contribution in [0.25, 0.3) is 0 Å². The average Bonchev–Trinajstić information content (AvgIpc) is 2.36. The van der Waals surface area contributed by atoms with Crippen LogP contribution in [0, 0.1) is 19.7 Å². The van der Waals surface area contributed by atoms with Crippen LogP contribution in [0.1, 0.15) is 22.3 Å². The first-order valence-electron chi connectivity index (χ1n) is 6.27. The van der Waals surface area contributed by atoms with Crippen LogP contribution in [0.3, 0.4) is 0 Å². The highest BCUT2D eigenvalue weighted by molar-refractivity contribution is 7.98. The third kappa shape index (κ3) is 3.82. The van der Waals surface area contributed by atoms with Gasteiger partial charge in [0.1, 0.15) is 5.82 Å². The molecule has 2 N–H and O–H groups in total. The van der Waals surface area contributed by atoms with E-state index in [1.54, 1.807) is 11.8 Å². The highest BCUT2D eigenvalue weighted by Crippen LogP contribution is 2.27. The van der Waals surface area contributed by atoms with Crippen molar-refractivity contribution in [2.45, 2.75) is 31.0 Å². The highest BCUT2D eigenvalue weighted by Gasteiger charge is 2.04. The van der Waals surface area contributed by atoms with E-state index in [4.69, 9.17) is 5.73 Å². The molecule has 0 bridgehead atoms. The summed E-state index contributed by atoms with van der Waals surface area (Å²) in [6, 6.07) is 11.4. The summed E-state index contributed by atoms with van der Waals surface area (Å²) in [5.41, 5.74) is 10.4. The van der Waals surface area contributed by atoms with Gasteiger partial charge in [-0.1, -0.05) is 29.3 Å². The summed E-state index contributed by atoms with van der Waals surface area (Å²) in [7, 11) is 0. The lowest BCUT2D eigenvalue weighted by Gasteiger charge is -2.09. The minimum absolute atomic E-state index is 0.226. The van der Waals surface area contributed by atoms with Gasteiger partial charge in [0.25, 0.3) is 0 Å². The Bertz CT molecular complexity index is 561. The highest BCUT2D eigenvalue weighted by atomic mass is 32.2. The lowest BCUT2D eigenvalue weighted by Crippen LogP contribution is -1.99. The fourth-order valence-corrected chi connectivity index (χ4v) is 3.14. The summed E-state index contributed by atoms with van der Waals surface area (Å²) >= 11 is 1.70. The second-order valence-corrected chi connectivity index (χ2v) is 5.76. The Kier molecular flexibility index (Phi) is 4.61. The summed E-state index contributed by atoms with van der Waals surface area (Å²) in [6.45, 7) is 4.57. The van der Waals surface area contributed by atoms with Crippen LogP contribution < -0.4 is 5.73 Å². The Morgan fingerprint density at radius 1 is 1.05 bits per heavy atom. The molecule has 0 atom stereocenters. The molecule has 0 saturated carbocycles. The molecule has 0 spiro atoms.